The van der Waals surface area contributed by atoms with Crippen LogP contribution in [0.25, 0.3) is 0 Å². The van der Waals surface area contributed by atoms with Gasteiger partial charge < -0.3 is 15.3 Å². The molecule has 0 unspecified atom stereocenters. The standard InChI is InChI=1S/C14H24N4O/c1-10-8-11(17-12(15-5)16-10)18-7-6-14(4,19)13(2,3)9-18/h8,19H,6-7,9H2,1-5H3,(H,15,16,17)/t14-/m1/s1. The number of hydrogen-bond donors (Lipinski definition) is 2. The number of rotatable bonds is 2. The molecule has 0 bridgehead atoms. The van der Waals surface area contributed by atoms with Crippen LogP contribution in [0, 0.1) is 12.3 Å². The predicted octanol–water partition coefficient (Wildman–Crippen LogP) is 1.81. The zero-order valence-electron chi connectivity index (χ0n) is 12.5. The number of aromatic nitrogens is 2. The summed E-state index contributed by atoms with van der Waals surface area (Å²) in [6, 6.07) is 2.00. The van der Waals surface area contributed by atoms with Crippen molar-refractivity contribution in [2.75, 3.05) is 30.4 Å². The molecule has 0 spiro atoms. The summed E-state index contributed by atoms with van der Waals surface area (Å²) in [4.78, 5) is 11.1. The molecule has 1 aromatic heterocycles. The fourth-order valence-corrected chi connectivity index (χ4v) is 2.44. The first kappa shape index (κ1) is 14.1. The maximum atomic E-state index is 10.5. The van der Waals surface area contributed by atoms with Crippen LogP contribution < -0.4 is 10.2 Å². The topological polar surface area (TPSA) is 61.3 Å². The molecule has 1 aliphatic rings. The van der Waals surface area contributed by atoms with E-state index < -0.39 is 5.60 Å². The van der Waals surface area contributed by atoms with Gasteiger partial charge in [0.05, 0.1) is 5.60 Å². The number of nitrogens with one attached hydrogen (secondary N) is 1. The van der Waals surface area contributed by atoms with Gasteiger partial charge in [-0.05, 0) is 20.3 Å². The predicted molar refractivity (Wildman–Crippen MR) is 77.6 cm³/mol. The van der Waals surface area contributed by atoms with Crippen molar-refractivity contribution in [3.63, 3.8) is 0 Å². The molecular weight excluding hydrogens is 240 g/mol. The fourth-order valence-electron chi connectivity index (χ4n) is 2.44. The van der Waals surface area contributed by atoms with E-state index in [-0.39, 0.29) is 5.41 Å². The van der Waals surface area contributed by atoms with Gasteiger partial charge in [0.2, 0.25) is 5.95 Å². The van der Waals surface area contributed by atoms with E-state index >= 15 is 0 Å². The van der Waals surface area contributed by atoms with Crippen LogP contribution in [0.3, 0.4) is 0 Å². The number of aryl methyl sites for hydroxylation is 1. The molecule has 1 saturated heterocycles. The molecule has 2 rings (SSSR count). The maximum Gasteiger partial charge on any atom is 0.224 e. The normalized spacial score (nSPS) is 26.3. The number of aliphatic hydroxyl groups is 1. The Morgan fingerprint density at radius 3 is 2.58 bits per heavy atom. The quantitative estimate of drug-likeness (QED) is 0.853. The van der Waals surface area contributed by atoms with Crippen molar-refractivity contribution in [1.82, 2.24) is 9.97 Å². The minimum atomic E-state index is -0.628. The zero-order valence-corrected chi connectivity index (χ0v) is 12.5. The highest BCUT2D eigenvalue weighted by Crippen LogP contribution is 2.39. The van der Waals surface area contributed by atoms with Gasteiger partial charge in [-0.2, -0.15) is 4.98 Å². The Balaban J connectivity index is 2.27. The second-order valence-corrected chi connectivity index (χ2v) is 6.27. The van der Waals surface area contributed by atoms with Crippen molar-refractivity contribution in [2.45, 2.75) is 39.7 Å². The van der Waals surface area contributed by atoms with Crippen LogP contribution in [-0.2, 0) is 0 Å². The molecule has 106 valence electrons. The molecule has 0 aliphatic carbocycles. The molecule has 0 radical (unpaired) electrons. The highest BCUT2D eigenvalue weighted by molar-refractivity contribution is 5.45. The number of piperidine rings is 1. The number of anilines is 2. The van der Waals surface area contributed by atoms with Gasteiger partial charge in [-0.15, -0.1) is 0 Å². The average Bonchev–Trinajstić information content (AvgIpc) is 2.32. The lowest BCUT2D eigenvalue weighted by Crippen LogP contribution is -2.56. The molecule has 1 aliphatic heterocycles. The van der Waals surface area contributed by atoms with Gasteiger partial charge in [-0.3, -0.25) is 0 Å². The summed E-state index contributed by atoms with van der Waals surface area (Å²) in [5.41, 5.74) is 0.158. The van der Waals surface area contributed by atoms with Gasteiger partial charge in [-0.1, -0.05) is 13.8 Å². The summed E-state index contributed by atoms with van der Waals surface area (Å²) in [6.45, 7) is 9.71. The summed E-state index contributed by atoms with van der Waals surface area (Å²) in [5.74, 6) is 1.57. The van der Waals surface area contributed by atoms with Crippen LogP contribution in [-0.4, -0.2) is 40.8 Å². The monoisotopic (exact) mass is 264 g/mol. The second-order valence-electron chi connectivity index (χ2n) is 6.27. The molecule has 2 heterocycles. The summed E-state index contributed by atoms with van der Waals surface area (Å²) < 4.78 is 0. The Bertz CT molecular complexity index is 471. The molecule has 5 nitrogen and oxygen atoms in total. The Kier molecular flexibility index (Phi) is 3.43. The lowest BCUT2D eigenvalue weighted by Gasteiger charge is -2.49. The highest BCUT2D eigenvalue weighted by Gasteiger charge is 2.44. The number of hydrogen-bond acceptors (Lipinski definition) is 5. The highest BCUT2D eigenvalue weighted by atomic mass is 16.3. The Morgan fingerprint density at radius 1 is 1.32 bits per heavy atom. The van der Waals surface area contributed by atoms with Crippen molar-refractivity contribution in [3.05, 3.63) is 11.8 Å². The Labute approximate surface area is 115 Å². The third kappa shape index (κ3) is 2.66. The van der Waals surface area contributed by atoms with Crippen molar-refractivity contribution in [1.29, 1.82) is 0 Å². The maximum absolute atomic E-state index is 10.5. The Morgan fingerprint density at radius 2 is 2.00 bits per heavy atom. The van der Waals surface area contributed by atoms with E-state index in [1.165, 1.54) is 0 Å². The van der Waals surface area contributed by atoms with Crippen LogP contribution in [0.2, 0.25) is 0 Å². The molecule has 19 heavy (non-hydrogen) atoms. The third-order valence-electron chi connectivity index (χ3n) is 4.30. The first-order chi connectivity index (χ1) is 8.75. The summed E-state index contributed by atoms with van der Waals surface area (Å²) >= 11 is 0. The summed E-state index contributed by atoms with van der Waals surface area (Å²) in [6.07, 6.45) is 0.748. The van der Waals surface area contributed by atoms with Gasteiger partial charge in [0, 0.05) is 37.3 Å². The van der Waals surface area contributed by atoms with Crippen LogP contribution in [0.5, 0.6) is 0 Å². The van der Waals surface area contributed by atoms with Crippen molar-refractivity contribution < 1.29 is 5.11 Å². The fraction of sp³-hybridized carbons (Fsp3) is 0.714. The van der Waals surface area contributed by atoms with E-state index in [1.54, 1.807) is 0 Å². The lowest BCUT2D eigenvalue weighted by atomic mass is 9.71. The van der Waals surface area contributed by atoms with Gasteiger partial charge >= 0.3 is 0 Å². The molecule has 1 atom stereocenters. The SMILES string of the molecule is CNc1nc(C)cc(N2CC[C@@](C)(O)C(C)(C)C2)n1. The van der Waals surface area contributed by atoms with Gasteiger partial charge in [-0.25, -0.2) is 4.98 Å². The summed E-state index contributed by atoms with van der Waals surface area (Å²) in [5, 5.41) is 13.4. The van der Waals surface area contributed by atoms with Gasteiger partial charge in [0.15, 0.2) is 0 Å². The van der Waals surface area contributed by atoms with Crippen LogP contribution >= 0.6 is 0 Å². The second kappa shape index (κ2) is 4.63. The molecule has 0 aromatic carbocycles. The molecule has 1 aromatic rings. The minimum absolute atomic E-state index is 0.163. The van der Waals surface area contributed by atoms with E-state index in [4.69, 9.17) is 0 Å². The largest absolute Gasteiger partial charge is 0.389 e. The molecule has 2 N–H and O–H groups in total. The average molecular weight is 264 g/mol. The van der Waals surface area contributed by atoms with E-state index in [2.05, 4.69) is 34.0 Å². The Hall–Kier alpha value is -1.36. The van der Waals surface area contributed by atoms with E-state index in [0.717, 1.165) is 31.0 Å². The van der Waals surface area contributed by atoms with Crippen LogP contribution in [0.15, 0.2) is 6.07 Å². The van der Waals surface area contributed by atoms with E-state index in [9.17, 15) is 5.11 Å². The zero-order chi connectivity index (χ0) is 14.3. The first-order valence-corrected chi connectivity index (χ1v) is 6.76. The molecule has 1 fully saturated rings. The minimum Gasteiger partial charge on any atom is -0.389 e. The molecule has 0 amide bonds. The van der Waals surface area contributed by atoms with Crippen LogP contribution in [0.1, 0.15) is 32.9 Å². The van der Waals surface area contributed by atoms with E-state index in [0.29, 0.717) is 5.95 Å². The lowest BCUT2D eigenvalue weighted by molar-refractivity contribution is -0.0650. The first-order valence-electron chi connectivity index (χ1n) is 6.76. The molecular formula is C14H24N4O. The van der Waals surface area contributed by atoms with Crippen molar-refractivity contribution >= 4 is 11.8 Å². The third-order valence-corrected chi connectivity index (χ3v) is 4.30. The van der Waals surface area contributed by atoms with Crippen molar-refractivity contribution in [3.8, 4) is 0 Å². The van der Waals surface area contributed by atoms with Gasteiger partial charge in [0.1, 0.15) is 5.82 Å². The van der Waals surface area contributed by atoms with Crippen molar-refractivity contribution in [2.24, 2.45) is 5.41 Å². The smallest absolute Gasteiger partial charge is 0.224 e. The van der Waals surface area contributed by atoms with E-state index in [1.807, 2.05) is 27.0 Å². The molecule has 5 heteroatoms. The van der Waals surface area contributed by atoms with Crippen LogP contribution in [0.4, 0.5) is 11.8 Å². The number of nitrogens with zero attached hydrogens (tertiary/aromatic N) is 3. The summed E-state index contributed by atoms with van der Waals surface area (Å²) in [7, 11) is 1.82. The van der Waals surface area contributed by atoms with Gasteiger partial charge in [0.25, 0.3) is 0 Å². The molecule has 0 saturated carbocycles.